The minimum Gasteiger partial charge on any atom is -0.436 e. The van der Waals surface area contributed by atoms with Crippen LogP contribution in [0.15, 0.2) is 51.0 Å². The van der Waals surface area contributed by atoms with Gasteiger partial charge in [0.15, 0.2) is 15.5 Å². The molecule has 15 heteroatoms. The van der Waals surface area contributed by atoms with Crippen molar-refractivity contribution < 1.29 is 30.7 Å². The van der Waals surface area contributed by atoms with Crippen LogP contribution in [-0.2, 0) is 16.0 Å². The van der Waals surface area contributed by atoms with Crippen LogP contribution >= 0.6 is 11.6 Å². The topological polar surface area (TPSA) is 126 Å². The lowest BCUT2D eigenvalue weighted by molar-refractivity contribution is -0.143. The predicted octanol–water partition coefficient (Wildman–Crippen LogP) is 2.51. The second kappa shape index (κ2) is 8.51. The molecule has 0 radical (unpaired) electrons. The van der Waals surface area contributed by atoms with Crippen molar-refractivity contribution in [2.45, 2.75) is 18.0 Å². The van der Waals surface area contributed by atoms with E-state index in [-0.39, 0.29) is 26.0 Å². The first-order valence-electron chi connectivity index (χ1n) is 8.84. The first kappa shape index (κ1) is 24.3. The predicted molar refractivity (Wildman–Crippen MR) is 108 cm³/mol. The third kappa shape index (κ3) is 4.57. The molecular weight excluding hydrogens is 496 g/mol. The van der Waals surface area contributed by atoms with Gasteiger partial charge in [-0.3, -0.25) is 4.79 Å². The third-order valence-electron chi connectivity index (χ3n) is 4.33. The van der Waals surface area contributed by atoms with Gasteiger partial charge in [-0.25, -0.2) is 31.8 Å². The van der Waals surface area contributed by atoms with Gasteiger partial charge in [-0.1, -0.05) is 18.5 Å². The molecule has 1 aromatic carbocycles. The molecule has 3 aromatic rings. The molecule has 0 spiro atoms. The van der Waals surface area contributed by atoms with E-state index in [4.69, 9.17) is 22.2 Å². The highest BCUT2D eigenvalue weighted by molar-refractivity contribution is 7.91. The van der Waals surface area contributed by atoms with Gasteiger partial charge in [0, 0.05) is 18.3 Å². The van der Waals surface area contributed by atoms with Crippen LogP contribution in [0.25, 0.3) is 5.69 Å². The Balaban J connectivity index is 2.21. The van der Waals surface area contributed by atoms with Gasteiger partial charge in [0.05, 0.1) is 16.5 Å². The maximum absolute atomic E-state index is 14.6. The summed E-state index contributed by atoms with van der Waals surface area (Å²) in [4.78, 5) is 28.1. The summed E-state index contributed by atoms with van der Waals surface area (Å²) in [7, 11) is -3.81. The molecule has 0 atom stereocenters. The molecule has 0 fully saturated rings. The van der Waals surface area contributed by atoms with Crippen LogP contribution in [0, 0.1) is 5.82 Å². The Morgan fingerprint density at radius 3 is 2.48 bits per heavy atom. The number of hydrogen-bond donors (Lipinski definition) is 1. The molecule has 176 valence electrons. The van der Waals surface area contributed by atoms with E-state index in [2.05, 4.69) is 4.98 Å². The van der Waals surface area contributed by atoms with Crippen LogP contribution < -0.4 is 21.8 Å². The number of nitrogen functional groups attached to an aromatic ring is 1. The Morgan fingerprint density at radius 2 is 1.88 bits per heavy atom. The van der Waals surface area contributed by atoms with E-state index >= 15 is 0 Å². The number of sulfone groups is 1. The molecule has 33 heavy (non-hydrogen) atoms. The van der Waals surface area contributed by atoms with Gasteiger partial charge in [-0.2, -0.15) is 13.2 Å². The number of hydrogen-bond acceptors (Lipinski definition) is 7. The second-order valence-electron chi connectivity index (χ2n) is 6.40. The first-order chi connectivity index (χ1) is 15.3. The third-order valence-corrected chi connectivity index (χ3v) is 6.36. The fourth-order valence-electron chi connectivity index (χ4n) is 2.71. The van der Waals surface area contributed by atoms with E-state index < -0.39 is 61.1 Å². The standard InChI is InChI=1S/C18H13ClF4N4O5S/c1-2-33(30,31)13-4-3-5-25-16(13)32-12-7-11(10(20)6-9(12)19)26-15(28)8-14(18(21,22)23)27(24)17(26)29/h3-8H,2,24H2,1H3. The molecule has 0 bridgehead atoms. The SMILES string of the molecule is CCS(=O)(=O)c1cccnc1Oc1cc(-n2c(=O)cc(C(F)(F)F)n(N)c2=O)c(F)cc1Cl. The molecule has 2 heterocycles. The zero-order valence-corrected chi connectivity index (χ0v) is 18.0. The fourth-order valence-corrected chi connectivity index (χ4v) is 3.86. The van der Waals surface area contributed by atoms with Gasteiger partial charge in [0.1, 0.15) is 16.5 Å². The van der Waals surface area contributed by atoms with Gasteiger partial charge < -0.3 is 10.6 Å². The molecule has 3 rings (SSSR count). The summed E-state index contributed by atoms with van der Waals surface area (Å²) >= 11 is 5.95. The molecule has 0 amide bonds. The molecule has 0 saturated heterocycles. The molecule has 0 saturated carbocycles. The van der Waals surface area contributed by atoms with Crippen molar-refractivity contribution in [1.82, 2.24) is 14.2 Å². The number of benzene rings is 1. The lowest BCUT2D eigenvalue weighted by atomic mass is 10.2. The number of halogens is 5. The molecule has 0 unspecified atom stereocenters. The number of aromatic nitrogens is 3. The highest BCUT2D eigenvalue weighted by Gasteiger charge is 2.36. The van der Waals surface area contributed by atoms with Crippen molar-refractivity contribution >= 4 is 21.4 Å². The van der Waals surface area contributed by atoms with E-state index in [0.717, 1.165) is 6.07 Å². The summed E-state index contributed by atoms with van der Waals surface area (Å²) < 4.78 is 83.2. The number of pyridine rings is 1. The van der Waals surface area contributed by atoms with E-state index in [1.54, 1.807) is 0 Å². The van der Waals surface area contributed by atoms with Crippen molar-refractivity contribution in [3.05, 3.63) is 73.9 Å². The Bertz CT molecular complexity index is 1470. The van der Waals surface area contributed by atoms with E-state index in [1.807, 2.05) is 0 Å². The Kier molecular flexibility index (Phi) is 6.26. The Hall–Kier alpha value is -3.39. The molecule has 2 aromatic heterocycles. The normalized spacial score (nSPS) is 12.1. The summed E-state index contributed by atoms with van der Waals surface area (Å²) in [5.41, 5.74) is -5.82. The van der Waals surface area contributed by atoms with Crippen molar-refractivity contribution in [2.75, 3.05) is 11.6 Å². The lowest BCUT2D eigenvalue weighted by Crippen LogP contribution is -2.45. The van der Waals surface area contributed by atoms with E-state index in [1.165, 1.54) is 25.3 Å². The molecule has 2 N–H and O–H groups in total. The maximum atomic E-state index is 14.6. The molecule has 0 aliphatic rings. The van der Waals surface area contributed by atoms with Gasteiger partial charge >= 0.3 is 11.9 Å². The number of nitrogens with two attached hydrogens (primary N) is 1. The zero-order chi connectivity index (χ0) is 24.7. The quantitative estimate of drug-likeness (QED) is 0.414. The van der Waals surface area contributed by atoms with Crippen LogP contribution in [0.5, 0.6) is 11.6 Å². The Labute approximate surface area is 187 Å². The zero-order valence-electron chi connectivity index (χ0n) is 16.4. The highest BCUT2D eigenvalue weighted by atomic mass is 35.5. The lowest BCUT2D eigenvalue weighted by Gasteiger charge is -2.15. The van der Waals surface area contributed by atoms with Crippen molar-refractivity contribution in [2.24, 2.45) is 0 Å². The van der Waals surface area contributed by atoms with Crippen molar-refractivity contribution in [3.63, 3.8) is 0 Å². The van der Waals surface area contributed by atoms with Gasteiger partial charge in [-0.05, 0) is 18.2 Å². The van der Waals surface area contributed by atoms with E-state index in [9.17, 15) is 35.6 Å². The summed E-state index contributed by atoms with van der Waals surface area (Å²) in [6, 6.07) is 3.89. The average molecular weight is 509 g/mol. The number of rotatable bonds is 5. The minimum absolute atomic E-state index is 0.0145. The number of ether oxygens (including phenoxy) is 1. The van der Waals surface area contributed by atoms with Crippen LogP contribution in [0.1, 0.15) is 12.6 Å². The molecule has 0 aliphatic carbocycles. The molecule has 0 aliphatic heterocycles. The second-order valence-corrected chi connectivity index (χ2v) is 9.05. The minimum atomic E-state index is -5.13. The van der Waals surface area contributed by atoms with Crippen molar-refractivity contribution in [1.29, 1.82) is 0 Å². The highest BCUT2D eigenvalue weighted by Crippen LogP contribution is 2.34. The largest absolute Gasteiger partial charge is 0.436 e. The summed E-state index contributed by atoms with van der Waals surface area (Å²) in [5, 5.41) is -0.408. The average Bonchev–Trinajstić information content (AvgIpc) is 2.73. The fraction of sp³-hybridized carbons (Fsp3) is 0.167. The van der Waals surface area contributed by atoms with Crippen LogP contribution in [0.3, 0.4) is 0 Å². The van der Waals surface area contributed by atoms with Crippen LogP contribution in [-0.4, -0.2) is 28.4 Å². The maximum Gasteiger partial charge on any atom is 0.433 e. The van der Waals surface area contributed by atoms with Gasteiger partial charge in [0.25, 0.3) is 5.56 Å². The molecular formula is C18H13ClF4N4O5S. The van der Waals surface area contributed by atoms with Gasteiger partial charge in [-0.15, -0.1) is 0 Å². The van der Waals surface area contributed by atoms with Crippen molar-refractivity contribution in [3.8, 4) is 17.3 Å². The smallest absolute Gasteiger partial charge is 0.433 e. The summed E-state index contributed by atoms with van der Waals surface area (Å²) in [5.74, 6) is 2.73. The van der Waals surface area contributed by atoms with Crippen LogP contribution in [0.2, 0.25) is 5.02 Å². The van der Waals surface area contributed by atoms with Crippen LogP contribution in [0.4, 0.5) is 17.6 Å². The number of alkyl halides is 3. The summed E-state index contributed by atoms with van der Waals surface area (Å²) in [6.07, 6.45) is -3.92. The van der Waals surface area contributed by atoms with E-state index in [0.29, 0.717) is 6.07 Å². The molecule has 9 nitrogen and oxygen atoms in total. The summed E-state index contributed by atoms with van der Waals surface area (Å²) in [6.45, 7) is 1.38. The first-order valence-corrected chi connectivity index (χ1v) is 10.9. The monoisotopic (exact) mass is 508 g/mol. The Morgan fingerprint density at radius 1 is 1.21 bits per heavy atom. The number of nitrogens with zero attached hydrogens (tertiary/aromatic N) is 3. The van der Waals surface area contributed by atoms with Gasteiger partial charge in [0.2, 0.25) is 5.88 Å².